The highest BCUT2D eigenvalue weighted by Crippen LogP contribution is 2.29. The van der Waals surface area contributed by atoms with Gasteiger partial charge in [-0.05, 0) is 48.8 Å². The van der Waals surface area contributed by atoms with Crippen LogP contribution < -0.4 is 0 Å². The van der Waals surface area contributed by atoms with Crippen LogP contribution in [0.3, 0.4) is 0 Å². The summed E-state index contributed by atoms with van der Waals surface area (Å²) in [6, 6.07) is 8.70. The summed E-state index contributed by atoms with van der Waals surface area (Å²) in [6.07, 6.45) is 8.70. The number of allylic oxidation sites excluding steroid dienone is 3. The van der Waals surface area contributed by atoms with Crippen molar-refractivity contribution in [2.45, 2.75) is 38.5 Å². The number of hydrogen-bond acceptors (Lipinski definition) is 1. The van der Waals surface area contributed by atoms with Gasteiger partial charge in [-0.3, -0.25) is 0 Å². The zero-order valence-corrected chi connectivity index (χ0v) is 10.3. The highest BCUT2D eigenvalue weighted by atomic mass is 16.3. The Kier molecular flexibility index (Phi) is 4.03. The van der Waals surface area contributed by atoms with Crippen molar-refractivity contribution in [3.63, 3.8) is 0 Å². The van der Waals surface area contributed by atoms with Crippen molar-refractivity contribution in [3.8, 4) is 0 Å². The molecule has 0 bridgehead atoms. The third kappa shape index (κ3) is 3.23. The first-order chi connectivity index (χ1) is 8.27. The quantitative estimate of drug-likeness (QED) is 0.574. The predicted molar refractivity (Wildman–Crippen MR) is 73.0 cm³/mol. The molecule has 0 saturated heterocycles. The molecule has 17 heavy (non-hydrogen) atoms. The van der Waals surface area contributed by atoms with Crippen molar-refractivity contribution in [1.29, 1.82) is 0 Å². The van der Waals surface area contributed by atoms with Crippen molar-refractivity contribution >= 4 is 5.57 Å². The van der Waals surface area contributed by atoms with E-state index in [2.05, 4.69) is 36.9 Å². The lowest BCUT2D eigenvalue weighted by Crippen LogP contribution is -1.99. The molecular weight excluding hydrogens is 208 g/mol. The van der Waals surface area contributed by atoms with E-state index in [4.69, 9.17) is 5.11 Å². The summed E-state index contributed by atoms with van der Waals surface area (Å²) in [6.45, 7) is 3.52. The second-order valence-electron chi connectivity index (χ2n) is 4.70. The number of aliphatic hydroxyl groups excluding tert-OH is 1. The van der Waals surface area contributed by atoms with Crippen molar-refractivity contribution in [2.75, 3.05) is 0 Å². The molecule has 0 saturated carbocycles. The Balaban J connectivity index is 1.93. The Hall–Kier alpha value is -1.50. The van der Waals surface area contributed by atoms with E-state index in [1.807, 2.05) is 0 Å². The van der Waals surface area contributed by atoms with E-state index in [9.17, 15) is 0 Å². The SMILES string of the molecule is C=C(O)CCCCC1=CCCc2ccccc21. The van der Waals surface area contributed by atoms with Gasteiger partial charge in [0.25, 0.3) is 0 Å². The molecule has 1 heteroatoms. The van der Waals surface area contributed by atoms with Gasteiger partial charge in [0.1, 0.15) is 0 Å². The Morgan fingerprint density at radius 3 is 2.88 bits per heavy atom. The van der Waals surface area contributed by atoms with Crippen molar-refractivity contribution in [1.82, 2.24) is 0 Å². The molecule has 1 aliphatic carbocycles. The summed E-state index contributed by atoms with van der Waals surface area (Å²) in [4.78, 5) is 0. The van der Waals surface area contributed by atoms with Gasteiger partial charge in [-0.2, -0.15) is 0 Å². The van der Waals surface area contributed by atoms with E-state index in [0.717, 1.165) is 25.7 Å². The molecule has 90 valence electrons. The number of aryl methyl sites for hydroxylation is 1. The van der Waals surface area contributed by atoms with Crippen LogP contribution in [0, 0.1) is 0 Å². The fourth-order valence-corrected chi connectivity index (χ4v) is 2.44. The van der Waals surface area contributed by atoms with Crippen LogP contribution >= 0.6 is 0 Å². The molecule has 0 heterocycles. The number of rotatable bonds is 5. The molecule has 2 rings (SSSR count). The zero-order chi connectivity index (χ0) is 12.1. The molecule has 0 spiro atoms. The molecule has 1 aromatic carbocycles. The molecule has 0 atom stereocenters. The smallest absolute Gasteiger partial charge is 0.0851 e. The van der Waals surface area contributed by atoms with Crippen molar-refractivity contribution in [2.24, 2.45) is 0 Å². The lowest BCUT2D eigenvalue weighted by Gasteiger charge is -2.17. The van der Waals surface area contributed by atoms with Gasteiger partial charge in [-0.15, -0.1) is 0 Å². The zero-order valence-electron chi connectivity index (χ0n) is 10.3. The minimum atomic E-state index is 0.308. The van der Waals surface area contributed by atoms with Crippen LogP contribution in [0.1, 0.15) is 43.2 Å². The van der Waals surface area contributed by atoms with Crippen LogP contribution in [0.15, 0.2) is 42.7 Å². The third-order valence-electron chi connectivity index (χ3n) is 3.33. The average molecular weight is 228 g/mol. The minimum Gasteiger partial charge on any atom is -0.513 e. The summed E-state index contributed by atoms with van der Waals surface area (Å²) in [5.41, 5.74) is 4.40. The first-order valence-corrected chi connectivity index (χ1v) is 6.41. The predicted octanol–water partition coefficient (Wildman–Crippen LogP) is 4.65. The van der Waals surface area contributed by atoms with E-state index >= 15 is 0 Å². The van der Waals surface area contributed by atoms with Crippen molar-refractivity contribution < 1.29 is 5.11 Å². The van der Waals surface area contributed by atoms with Crippen LogP contribution in [0.5, 0.6) is 0 Å². The largest absolute Gasteiger partial charge is 0.513 e. The lowest BCUT2D eigenvalue weighted by atomic mass is 9.88. The number of unbranched alkanes of at least 4 members (excludes halogenated alkanes) is 1. The monoisotopic (exact) mass is 228 g/mol. The van der Waals surface area contributed by atoms with E-state index < -0.39 is 0 Å². The fourth-order valence-electron chi connectivity index (χ4n) is 2.44. The highest BCUT2D eigenvalue weighted by molar-refractivity contribution is 5.69. The maximum atomic E-state index is 9.04. The van der Waals surface area contributed by atoms with Crippen LogP contribution in [-0.4, -0.2) is 5.11 Å². The van der Waals surface area contributed by atoms with E-state index in [0.29, 0.717) is 5.76 Å². The molecule has 0 aromatic heterocycles. The highest BCUT2D eigenvalue weighted by Gasteiger charge is 2.10. The molecule has 0 unspecified atom stereocenters. The molecule has 0 amide bonds. The van der Waals surface area contributed by atoms with Crippen LogP contribution in [0.25, 0.3) is 5.57 Å². The summed E-state index contributed by atoms with van der Waals surface area (Å²) in [5, 5.41) is 9.04. The third-order valence-corrected chi connectivity index (χ3v) is 3.33. The van der Waals surface area contributed by atoms with Gasteiger partial charge in [0.15, 0.2) is 0 Å². The number of hydrogen-bond donors (Lipinski definition) is 1. The van der Waals surface area contributed by atoms with Crippen LogP contribution in [0.4, 0.5) is 0 Å². The Labute approximate surface area is 103 Å². The van der Waals surface area contributed by atoms with Gasteiger partial charge >= 0.3 is 0 Å². The molecule has 0 aliphatic heterocycles. The number of benzene rings is 1. The van der Waals surface area contributed by atoms with E-state index in [1.54, 1.807) is 0 Å². The average Bonchev–Trinajstić information content (AvgIpc) is 2.34. The van der Waals surface area contributed by atoms with E-state index in [1.165, 1.54) is 29.5 Å². The number of fused-ring (bicyclic) bond motifs is 1. The second-order valence-corrected chi connectivity index (χ2v) is 4.70. The normalized spacial score (nSPS) is 14.0. The number of aliphatic hydroxyl groups is 1. The van der Waals surface area contributed by atoms with Gasteiger partial charge in [-0.1, -0.05) is 36.9 Å². The first kappa shape index (κ1) is 12.0. The molecule has 0 radical (unpaired) electrons. The maximum Gasteiger partial charge on any atom is 0.0851 e. The van der Waals surface area contributed by atoms with Crippen LogP contribution in [-0.2, 0) is 6.42 Å². The summed E-state index contributed by atoms with van der Waals surface area (Å²) in [5.74, 6) is 0.308. The lowest BCUT2D eigenvalue weighted by molar-refractivity contribution is 0.385. The fraction of sp³-hybridized carbons (Fsp3) is 0.375. The summed E-state index contributed by atoms with van der Waals surface area (Å²) >= 11 is 0. The van der Waals surface area contributed by atoms with E-state index in [-0.39, 0.29) is 0 Å². The summed E-state index contributed by atoms with van der Waals surface area (Å²) in [7, 11) is 0. The standard InChI is InChI=1S/C16H20O/c1-13(17)7-2-3-8-14-10-6-11-15-9-4-5-12-16(14)15/h4-5,9-10,12,17H,1-3,6-8,11H2. The molecule has 1 aliphatic rings. The molecular formula is C16H20O. The van der Waals surface area contributed by atoms with Gasteiger partial charge in [0, 0.05) is 6.42 Å². The second kappa shape index (κ2) is 5.72. The molecule has 1 aromatic rings. The van der Waals surface area contributed by atoms with Gasteiger partial charge < -0.3 is 5.11 Å². The Morgan fingerprint density at radius 1 is 1.24 bits per heavy atom. The van der Waals surface area contributed by atoms with Gasteiger partial charge in [0.05, 0.1) is 5.76 Å². The van der Waals surface area contributed by atoms with Gasteiger partial charge in [-0.25, -0.2) is 0 Å². The molecule has 0 fully saturated rings. The maximum absolute atomic E-state index is 9.04. The Morgan fingerprint density at radius 2 is 2.06 bits per heavy atom. The van der Waals surface area contributed by atoms with Crippen LogP contribution in [0.2, 0.25) is 0 Å². The molecule has 1 N–H and O–H groups in total. The summed E-state index contributed by atoms with van der Waals surface area (Å²) < 4.78 is 0. The minimum absolute atomic E-state index is 0.308. The first-order valence-electron chi connectivity index (χ1n) is 6.41. The topological polar surface area (TPSA) is 20.2 Å². The Bertz CT molecular complexity index is 429. The van der Waals surface area contributed by atoms with Crippen molar-refractivity contribution in [3.05, 3.63) is 53.8 Å². The van der Waals surface area contributed by atoms with Gasteiger partial charge in [0.2, 0.25) is 0 Å². The molecule has 1 nitrogen and oxygen atoms in total.